The van der Waals surface area contributed by atoms with Gasteiger partial charge in [0.25, 0.3) is 5.91 Å². The molecule has 33 heavy (non-hydrogen) atoms. The van der Waals surface area contributed by atoms with E-state index in [0.717, 1.165) is 11.0 Å². The highest BCUT2D eigenvalue weighted by Gasteiger charge is 2.23. The van der Waals surface area contributed by atoms with Crippen LogP contribution in [0.3, 0.4) is 0 Å². The van der Waals surface area contributed by atoms with E-state index in [9.17, 15) is 13.2 Å². The second-order valence-corrected chi connectivity index (χ2v) is 9.86. The Bertz CT molecular complexity index is 1380. The highest BCUT2D eigenvalue weighted by molar-refractivity contribution is 7.89. The molecule has 7 nitrogen and oxygen atoms in total. The number of carbonyl (C=O) groups is 1. The molecule has 0 aliphatic heterocycles. The zero-order valence-electron chi connectivity index (χ0n) is 17.6. The number of nitrogens with zero attached hydrogens (tertiary/aromatic N) is 2. The van der Waals surface area contributed by atoms with E-state index in [0.29, 0.717) is 22.1 Å². The van der Waals surface area contributed by atoms with E-state index in [2.05, 4.69) is 23.5 Å². The van der Waals surface area contributed by atoms with E-state index < -0.39 is 15.9 Å². The van der Waals surface area contributed by atoms with Crippen molar-refractivity contribution in [3.05, 3.63) is 90.9 Å². The quantitative estimate of drug-likeness (QED) is 0.334. The zero-order valence-corrected chi connectivity index (χ0v) is 19.2. The average Bonchev–Trinajstić information content (AvgIpc) is 3.46. The summed E-state index contributed by atoms with van der Waals surface area (Å²) < 4.78 is 32.7. The Labute approximate surface area is 195 Å². The first-order valence-electron chi connectivity index (χ1n) is 10.00. The van der Waals surface area contributed by atoms with Gasteiger partial charge in [0.15, 0.2) is 10.9 Å². The number of para-hydroxylation sites is 1. The number of carbonyl (C=O) groups excluding carboxylic acids is 1. The van der Waals surface area contributed by atoms with Crippen LogP contribution in [0.4, 0.5) is 5.13 Å². The molecule has 0 fully saturated rings. The molecule has 2 aromatic carbocycles. The number of furan rings is 1. The number of fused-ring (bicyclic) bond motifs is 1. The molecule has 9 heteroatoms. The Hall–Kier alpha value is -3.53. The number of rotatable bonds is 9. The van der Waals surface area contributed by atoms with E-state index >= 15 is 0 Å². The molecule has 4 aromatic rings. The van der Waals surface area contributed by atoms with Gasteiger partial charge in [-0.25, -0.2) is 13.4 Å². The van der Waals surface area contributed by atoms with Crippen LogP contribution in [-0.2, 0) is 10.0 Å². The number of amides is 1. The van der Waals surface area contributed by atoms with Crippen LogP contribution in [0.2, 0.25) is 0 Å². The Morgan fingerprint density at radius 1 is 1.09 bits per heavy atom. The maximum Gasteiger partial charge on any atom is 0.257 e. The SMILES string of the molecule is C=CCN(CC=C)S(=O)(=O)c1ccc(C(=O)Nc2nc(-c3cc4ccccc4o3)cs2)cc1. The fraction of sp³-hybridized carbons (Fsp3) is 0.0833. The summed E-state index contributed by atoms with van der Waals surface area (Å²) in [5.41, 5.74) is 1.70. The van der Waals surface area contributed by atoms with Crippen LogP contribution in [-0.4, -0.2) is 36.7 Å². The largest absolute Gasteiger partial charge is 0.454 e. The minimum Gasteiger partial charge on any atom is -0.454 e. The van der Waals surface area contributed by atoms with Gasteiger partial charge in [0, 0.05) is 29.4 Å². The normalized spacial score (nSPS) is 11.5. The maximum atomic E-state index is 12.8. The highest BCUT2D eigenvalue weighted by atomic mass is 32.2. The molecule has 0 unspecified atom stereocenters. The predicted molar refractivity (Wildman–Crippen MR) is 131 cm³/mol. The van der Waals surface area contributed by atoms with Crippen molar-refractivity contribution < 1.29 is 17.6 Å². The van der Waals surface area contributed by atoms with Crippen molar-refractivity contribution >= 4 is 43.4 Å². The van der Waals surface area contributed by atoms with Crippen LogP contribution < -0.4 is 5.32 Å². The van der Waals surface area contributed by atoms with Gasteiger partial charge in [0.1, 0.15) is 11.3 Å². The topological polar surface area (TPSA) is 92.5 Å². The molecular weight excluding hydrogens is 458 g/mol. The highest BCUT2D eigenvalue weighted by Crippen LogP contribution is 2.30. The Balaban J connectivity index is 1.48. The van der Waals surface area contributed by atoms with Gasteiger partial charge in [-0.2, -0.15) is 4.31 Å². The number of hydrogen-bond acceptors (Lipinski definition) is 6. The molecule has 0 saturated heterocycles. The summed E-state index contributed by atoms with van der Waals surface area (Å²) in [6, 6.07) is 15.3. The van der Waals surface area contributed by atoms with Crippen molar-refractivity contribution in [2.24, 2.45) is 0 Å². The monoisotopic (exact) mass is 479 g/mol. The lowest BCUT2D eigenvalue weighted by Gasteiger charge is -2.19. The molecule has 1 amide bonds. The van der Waals surface area contributed by atoms with E-state index in [-0.39, 0.29) is 18.0 Å². The molecule has 0 spiro atoms. The smallest absolute Gasteiger partial charge is 0.257 e. The van der Waals surface area contributed by atoms with E-state index in [1.807, 2.05) is 30.3 Å². The van der Waals surface area contributed by atoms with Crippen molar-refractivity contribution in [1.29, 1.82) is 0 Å². The molecule has 2 heterocycles. The minimum absolute atomic E-state index is 0.0872. The van der Waals surface area contributed by atoms with Crippen LogP contribution in [0, 0.1) is 0 Å². The summed E-state index contributed by atoms with van der Waals surface area (Å²) in [5.74, 6) is 0.226. The molecule has 4 rings (SSSR count). The first-order valence-corrected chi connectivity index (χ1v) is 12.3. The van der Waals surface area contributed by atoms with Gasteiger partial charge in [0.2, 0.25) is 10.0 Å². The third-order valence-electron chi connectivity index (χ3n) is 4.82. The van der Waals surface area contributed by atoms with Gasteiger partial charge in [-0.3, -0.25) is 10.1 Å². The molecule has 0 atom stereocenters. The lowest BCUT2D eigenvalue weighted by atomic mass is 10.2. The molecule has 0 bridgehead atoms. The fourth-order valence-corrected chi connectivity index (χ4v) is 5.28. The van der Waals surface area contributed by atoms with Crippen molar-refractivity contribution in [1.82, 2.24) is 9.29 Å². The van der Waals surface area contributed by atoms with E-state index in [1.54, 1.807) is 5.38 Å². The van der Waals surface area contributed by atoms with Gasteiger partial charge in [-0.15, -0.1) is 24.5 Å². The van der Waals surface area contributed by atoms with Gasteiger partial charge in [0.05, 0.1) is 4.90 Å². The van der Waals surface area contributed by atoms with Crippen molar-refractivity contribution in [2.45, 2.75) is 4.90 Å². The summed E-state index contributed by atoms with van der Waals surface area (Å²) in [5, 5.41) is 5.93. The summed E-state index contributed by atoms with van der Waals surface area (Å²) in [4.78, 5) is 17.2. The van der Waals surface area contributed by atoms with Gasteiger partial charge >= 0.3 is 0 Å². The Kier molecular flexibility index (Phi) is 6.55. The summed E-state index contributed by atoms with van der Waals surface area (Å²) in [7, 11) is -3.73. The van der Waals surface area contributed by atoms with Crippen LogP contribution in [0.15, 0.2) is 94.6 Å². The van der Waals surface area contributed by atoms with Crippen LogP contribution in [0.5, 0.6) is 0 Å². The van der Waals surface area contributed by atoms with Crippen LogP contribution >= 0.6 is 11.3 Å². The number of benzene rings is 2. The van der Waals surface area contributed by atoms with Gasteiger partial charge in [-0.05, 0) is 36.4 Å². The van der Waals surface area contributed by atoms with Gasteiger partial charge in [-0.1, -0.05) is 30.4 Å². The second kappa shape index (κ2) is 9.53. The third kappa shape index (κ3) is 4.80. The first kappa shape index (κ1) is 22.7. The summed E-state index contributed by atoms with van der Waals surface area (Å²) in [6.45, 7) is 7.51. The molecule has 168 valence electrons. The lowest BCUT2D eigenvalue weighted by molar-refractivity contribution is 0.102. The number of thiazole rings is 1. The second-order valence-electron chi connectivity index (χ2n) is 7.06. The zero-order chi connectivity index (χ0) is 23.4. The number of hydrogen-bond donors (Lipinski definition) is 1. The van der Waals surface area contributed by atoms with Crippen molar-refractivity contribution in [3.8, 4) is 11.5 Å². The molecule has 0 saturated carbocycles. The molecule has 1 N–H and O–H groups in total. The minimum atomic E-state index is -3.73. The van der Waals surface area contributed by atoms with Crippen molar-refractivity contribution in [3.63, 3.8) is 0 Å². The number of sulfonamides is 1. The lowest BCUT2D eigenvalue weighted by Crippen LogP contribution is -2.31. The molecule has 2 aromatic heterocycles. The molecule has 0 radical (unpaired) electrons. The van der Waals surface area contributed by atoms with Crippen LogP contribution in [0.1, 0.15) is 10.4 Å². The van der Waals surface area contributed by atoms with Gasteiger partial charge < -0.3 is 4.42 Å². The summed E-state index contributed by atoms with van der Waals surface area (Å²) >= 11 is 1.28. The molecule has 0 aliphatic carbocycles. The molecule has 0 aliphatic rings. The fourth-order valence-electron chi connectivity index (χ4n) is 3.21. The number of anilines is 1. The Morgan fingerprint density at radius 2 is 1.79 bits per heavy atom. The van der Waals surface area contributed by atoms with E-state index in [1.165, 1.54) is 52.1 Å². The van der Waals surface area contributed by atoms with Crippen molar-refractivity contribution in [2.75, 3.05) is 18.4 Å². The third-order valence-corrected chi connectivity index (χ3v) is 7.43. The van der Waals surface area contributed by atoms with E-state index in [4.69, 9.17) is 4.42 Å². The number of nitrogens with one attached hydrogen (secondary N) is 1. The standard InChI is InChI=1S/C24H21N3O4S2/c1-3-13-27(14-4-2)33(29,30)19-11-9-17(10-12-19)23(28)26-24-25-20(16-32-24)22-15-18-7-5-6-8-21(18)31-22/h3-12,15-16H,1-2,13-14H2,(H,25,26,28). The predicted octanol–water partition coefficient (Wildman–Crippen LogP) is 5.17. The summed E-state index contributed by atoms with van der Waals surface area (Å²) in [6.07, 6.45) is 3.02. The maximum absolute atomic E-state index is 12.8. The number of aromatic nitrogens is 1. The Morgan fingerprint density at radius 3 is 2.45 bits per heavy atom. The average molecular weight is 480 g/mol. The molecular formula is C24H21N3O4S2. The van der Waals surface area contributed by atoms with Crippen LogP contribution in [0.25, 0.3) is 22.4 Å². The first-order chi connectivity index (χ1) is 15.9.